The van der Waals surface area contributed by atoms with Gasteiger partial charge in [0.25, 0.3) is 10.0 Å². The average molecular weight is 439 g/mol. The van der Waals surface area contributed by atoms with Crippen LogP contribution in [0.25, 0.3) is 10.8 Å². The molecule has 1 N–H and O–H groups in total. The molecule has 3 aromatic rings. The van der Waals surface area contributed by atoms with Crippen LogP contribution in [-0.2, 0) is 14.8 Å². The molecule has 0 saturated carbocycles. The van der Waals surface area contributed by atoms with Gasteiger partial charge < -0.3 is 9.64 Å². The lowest BCUT2D eigenvalue weighted by atomic mass is 9.93. The van der Waals surface area contributed by atoms with Gasteiger partial charge in [0.1, 0.15) is 12.4 Å². The Balaban J connectivity index is 1.69. The third kappa shape index (κ3) is 4.10. The van der Waals surface area contributed by atoms with Gasteiger partial charge in [-0.2, -0.15) is 0 Å². The van der Waals surface area contributed by atoms with Crippen molar-refractivity contribution in [3.63, 3.8) is 0 Å². The highest BCUT2D eigenvalue weighted by Gasteiger charge is 2.37. The summed E-state index contributed by atoms with van der Waals surface area (Å²) < 4.78 is 34.6. The molecule has 0 aromatic heterocycles. The van der Waals surface area contributed by atoms with E-state index in [9.17, 15) is 13.2 Å². The van der Waals surface area contributed by atoms with E-state index >= 15 is 0 Å². The van der Waals surface area contributed by atoms with Gasteiger partial charge in [-0.25, -0.2) is 8.42 Å². The number of sulfonamides is 1. The zero-order chi connectivity index (χ0) is 22.2. The molecule has 7 heteroatoms. The summed E-state index contributed by atoms with van der Waals surface area (Å²) in [7, 11) is -3.80. The first-order valence-electron chi connectivity index (χ1n) is 10.3. The van der Waals surface area contributed by atoms with Crippen molar-refractivity contribution in [3.05, 3.63) is 60.7 Å². The molecule has 1 aliphatic rings. The van der Waals surface area contributed by atoms with Crippen molar-refractivity contribution in [2.45, 2.75) is 32.1 Å². The summed E-state index contributed by atoms with van der Waals surface area (Å²) in [5.41, 5.74) is 0.291. The van der Waals surface area contributed by atoms with Crippen LogP contribution in [0.2, 0.25) is 0 Å². The average Bonchev–Trinajstić information content (AvgIpc) is 2.83. The summed E-state index contributed by atoms with van der Waals surface area (Å²) in [6.07, 6.45) is 0.772. The summed E-state index contributed by atoms with van der Waals surface area (Å²) in [4.78, 5) is 14.9. The number of benzene rings is 3. The standard InChI is InChI=1S/C24H26N2O4S/c1-4-13-26-21-15-19(10-12-22(21)30-16-24(2,3)23(26)27)25-31(28,29)20-11-9-17-7-5-6-8-18(17)14-20/h5-12,14-15,25H,4,13,16H2,1-3H3. The fourth-order valence-electron chi connectivity index (χ4n) is 3.70. The second kappa shape index (κ2) is 7.89. The van der Waals surface area contributed by atoms with Gasteiger partial charge in [0.2, 0.25) is 5.91 Å². The Morgan fingerprint density at radius 1 is 1.03 bits per heavy atom. The summed E-state index contributed by atoms with van der Waals surface area (Å²) in [6.45, 7) is 6.50. The molecule has 1 aliphatic heterocycles. The molecule has 162 valence electrons. The zero-order valence-corrected chi connectivity index (χ0v) is 18.7. The van der Waals surface area contributed by atoms with Gasteiger partial charge in [-0.05, 0) is 61.4 Å². The molecule has 0 radical (unpaired) electrons. The summed E-state index contributed by atoms with van der Waals surface area (Å²) >= 11 is 0. The Hall–Kier alpha value is -3.06. The molecule has 0 saturated heterocycles. The van der Waals surface area contributed by atoms with Crippen molar-refractivity contribution in [2.24, 2.45) is 5.41 Å². The van der Waals surface area contributed by atoms with E-state index in [1.54, 1.807) is 41.3 Å². The molecular weight excluding hydrogens is 412 g/mol. The topological polar surface area (TPSA) is 75.7 Å². The number of amides is 1. The number of hydrogen-bond donors (Lipinski definition) is 1. The normalized spacial score (nSPS) is 15.8. The van der Waals surface area contributed by atoms with Crippen LogP contribution in [0.1, 0.15) is 27.2 Å². The minimum atomic E-state index is -3.80. The zero-order valence-electron chi connectivity index (χ0n) is 17.9. The predicted molar refractivity (Wildman–Crippen MR) is 123 cm³/mol. The SMILES string of the molecule is CCCN1C(=O)C(C)(C)COc2ccc(NS(=O)(=O)c3ccc4ccccc4c3)cc21. The van der Waals surface area contributed by atoms with Crippen molar-refractivity contribution in [2.75, 3.05) is 22.8 Å². The molecule has 4 rings (SSSR count). The van der Waals surface area contributed by atoms with Crippen LogP contribution in [0.15, 0.2) is 65.6 Å². The van der Waals surface area contributed by atoms with Gasteiger partial charge in [-0.1, -0.05) is 37.3 Å². The number of nitrogens with one attached hydrogen (secondary N) is 1. The number of rotatable bonds is 5. The summed E-state index contributed by atoms with van der Waals surface area (Å²) in [6, 6.07) is 17.7. The predicted octanol–water partition coefficient (Wildman–Crippen LogP) is 4.80. The van der Waals surface area contributed by atoms with Crippen LogP contribution in [-0.4, -0.2) is 27.5 Å². The highest BCUT2D eigenvalue weighted by atomic mass is 32.2. The van der Waals surface area contributed by atoms with Gasteiger partial charge >= 0.3 is 0 Å². The minimum Gasteiger partial charge on any atom is -0.490 e. The maximum absolute atomic E-state index is 13.1. The van der Waals surface area contributed by atoms with Crippen molar-refractivity contribution in [1.29, 1.82) is 0 Å². The van der Waals surface area contributed by atoms with Crippen molar-refractivity contribution in [1.82, 2.24) is 0 Å². The molecule has 0 spiro atoms. The highest BCUT2D eigenvalue weighted by Crippen LogP contribution is 2.38. The van der Waals surface area contributed by atoms with E-state index in [1.165, 1.54) is 0 Å². The maximum atomic E-state index is 13.1. The smallest absolute Gasteiger partial charge is 0.261 e. The van der Waals surface area contributed by atoms with E-state index in [4.69, 9.17) is 4.74 Å². The third-order valence-corrected chi connectivity index (χ3v) is 6.77. The second-order valence-electron chi connectivity index (χ2n) is 8.43. The van der Waals surface area contributed by atoms with Crippen LogP contribution in [0.5, 0.6) is 5.75 Å². The molecule has 31 heavy (non-hydrogen) atoms. The van der Waals surface area contributed by atoms with Crippen LogP contribution >= 0.6 is 0 Å². The van der Waals surface area contributed by atoms with Crippen molar-refractivity contribution in [3.8, 4) is 5.75 Å². The van der Waals surface area contributed by atoms with E-state index in [1.807, 2.05) is 45.0 Å². The second-order valence-corrected chi connectivity index (χ2v) is 10.1. The summed E-state index contributed by atoms with van der Waals surface area (Å²) in [5.74, 6) is 0.531. The first kappa shape index (κ1) is 21.2. The lowest BCUT2D eigenvalue weighted by Gasteiger charge is -2.28. The molecule has 0 unspecified atom stereocenters. The minimum absolute atomic E-state index is 0.0392. The number of anilines is 2. The third-order valence-electron chi connectivity index (χ3n) is 5.39. The number of nitrogens with zero attached hydrogens (tertiary/aromatic N) is 1. The van der Waals surface area contributed by atoms with Gasteiger partial charge in [-0.15, -0.1) is 0 Å². The Kier molecular flexibility index (Phi) is 5.39. The first-order valence-corrected chi connectivity index (χ1v) is 11.8. The van der Waals surface area contributed by atoms with Gasteiger partial charge in [0, 0.05) is 6.54 Å². The van der Waals surface area contributed by atoms with E-state index in [2.05, 4.69) is 4.72 Å². The van der Waals surface area contributed by atoms with Crippen LogP contribution in [0.4, 0.5) is 11.4 Å². The molecule has 6 nitrogen and oxygen atoms in total. The molecule has 1 amide bonds. The monoisotopic (exact) mass is 438 g/mol. The highest BCUT2D eigenvalue weighted by molar-refractivity contribution is 7.92. The molecule has 0 bridgehead atoms. The van der Waals surface area contributed by atoms with Crippen molar-refractivity contribution >= 4 is 38.1 Å². The first-order chi connectivity index (χ1) is 14.7. The Labute approximate surface area is 182 Å². The van der Waals surface area contributed by atoms with Crippen molar-refractivity contribution < 1.29 is 17.9 Å². The van der Waals surface area contributed by atoms with E-state index < -0.39 is 15.4 Å². The Morgan fingerprint density at radius 2 is 1.77 bits per heavy atom. The number of ether oxygens (including phenoxy) is 1. The molecule has 0 atom stereocenters. The van der Waals surface area contributed by atoms with Gasteiger partial charge in [-0.3, -0.25) is 9.52 Å². The number of hydrogen-bond acceptors (Lipinski definition) is 4. The lowest BCUT2D eigenvalue weighted by Crippen LogP contribution is -2.42. The molecule has 0 aliphatic carbocycles. The van der Waals surface area contributed by atoms with Crippen LogP contribution in [0.3, 0.4) is 0 Å². The summed E-state index contributed by atoms with van der Waals surface area (Å²) in [5, 5.41) is 1.82. The molecule has 3 aromatic carbocycles. The van der Waals surface area contributed by atoms with Gasteiger partial charge in [0.15, 0.2) is 0 Å². The molecule has 0 fully saturated rings. The quantitative estimate of drug-likeness (QED) is 0.621. The molecular formula is C24H26N2O4S. The van der Waals surface area contributed by atoms with E-state index in [-0.39, 0.29) is 17.4 Å². The fourth-order valence-corrected chi connectivity index (χ4v) is 4.79. The number of carbonyl (C=O) groups excluding carboxylic acids is 1. The van der Waals surface area contributed by atoms with E-state index in [0.29, 0.717) is 23.7 Å². The van der Waals surface area contributed by atoms with Gasteiger partial charge in [0.05, 0.1) is 21.7 Å². The Morgan fingerprint density at radius 3 is 2.52 bits per heavy atom. The fraction of sp³-hybridized carbons (Fsp3) is 0.292. The van der Waals surface area contributed by atoms with Crippen LogP contribution < -0.4 is 14.4 Å². The number of carbonyl (C=O) groups is 1. The lowest BCUT2D eigenvalue weighted by molar-refractivity contribution is -0.127. The Bertz CT molecular complexity index is 1250. The number of fused-ring (bicyclic) bond motifs is 2. The largest absolute Gasteiger partial charge is 0.490 e. The van der Waals surface area contributed by atoms with E-state index in [0.717, 1.165) is 17.2 Å². The van der Waals surface area contributed by atoms with Crippen LogP contribution in [0, 0.1) is 5.41 Å². The molecule has 1 heterocycles. The maximum Gasteiger partial charge on any atom is 0.261 e.